The zero-order chi connectivity index (χ0) is 17.6. The summed E-state index contributed by atoms with van der Waals surface area (Å²) >= 11 is 5.81. The summed E-state index contributed by atoms with van der Waals surface area (Å²) in [6.45, 7) is 6.88. The largest absolute Gasteiger partial charge is 0.377 e. The number of hydrogen-bond donors (Lipinski definition) is 0. The van der Waals surface area contributed by atoms with Crippen LogP contribution in [0.15, 0.2) is 12.1 Å². The summed E-state index contributed by atoms with van der Waals surface area (Å²) in [5.41, 5.74) is 0. The van der Waals surface area contributed by atoms with Crippen molar-refractivity contribution in [3.05, 3.63) is 17.3 Å². The Balaban J connectivity index is 1.80. The quantitative estimate of drug-likeness (QED) is 0.720. The van der Waals surface area contributed by atoms with Gasteiger partial charge in [0, 0.05) is 13.1 Å². The third-order valence-electron chi connectivity index (χ3n) is 3.44. The predicted octanol–water partition coefficient (Wildman–Crippen LogP) is 1.03. The van der Waals surface area contributed by atoms with E-state index in [-0.39, 0.29) is 0 Å². The van der Waals surface area contributed by atoms with Gasteiger partial charge in [0.1, 0.15) is 0 Å². The molecule has 0 radical (unpaired) electrons. The highest BCUT2D eigenvalue weighted by molar-refractivity contribution is 6.29. The first-order valence-electron chi connectivity index (χ1n) is 8.49. The van der Waals surface area contributed by atoms with Crippen LogP contribution in [-0.2, 0) is 23.7 Å². The molecule has 0 saturated carbocycles. The highest BCUT2D eigenvalue weighted by atomic mass is 35.5. The van der Waals surface area contributed by atoms with Gasteiger partial charge < -0.3 is 28.6 Å². The lowest BCUT2D eigenvalue weighted by Gasteiger charge is -2.23. The zero-order valence-electron chi connectivity index (χ0n) is 14.4. The van der Waals surface area contributed by atoms with Crippen molar-refractivity contribution in [2.24, 2.45) is 0 Å². The van der Waals surface area contributed by atoms with Crippen LogP contribution in [0.25, 0.3) is 0 Å². The van der Waals surface area contributed by atoms with E-state index in [9.17, 15) is 0 Å². The van der Waals surface area contributed by atoms with E-state index in [1.165, 1.54) is 0 Å². The molecule has 0 bridgehead atoms. The number of nitrogens with zero attached hydrogens (tertiary/aromatic N) is 3. The molecule has 1 saturated heterocycles. The Hall–Kier alpha value is -1.03. The summed E-state index contributed by atoms with van der Waals surface area (Å²) in [6.07, 6.45) is 0. The minimum atomic E-state index is 0.371. The lowest BCUT2D eigenvalue weighted by Crippen LogP contribution is -2.32. The van der Waals surface area contributed by atoms with Crippen LogP contribution in [0.3, 0.4) is 0 Å². The molecule has 0 aliphatic carbocycles. The molecular formula is C16H26ClN3O5. The maximum absolute atomic E-state index is 5.81. The first-order chi connectivity index (χ1) is 12.4. The van der Waals surface area contributed by atoms with Crippen molar-refractivity contribution in [2.45, 2.75) is 0 Å². The first-order valence-corrected chi connectivity index (χ1v) is 8.87. The van der Waals surface area contributed by atoms with Crippen LogP contribution < -0.4 is 4.90 Å². The lowest BCUT2D eigenvalue weighted by molar-refractivity contribution is -0.0116. The third-order valence-corrected chi connectivity index (χ3v) is 3.64. The second-order valence-electron chi connectivity index (χ2n) is 5.26. The smallest absolute Gasteiger partial charge is 0.151 e. The maximum atomic E-state index is 5.81. The SMILES string of the molecule is Clc1ccc(N2CCOCCOCCOCCOCCOCC2)nn1. The fourth-order valence-electron chi connectivity index (χ4n) is 2.15. The molecule has 0 unspecified atom stereocenters. The van der Waals surface area contributed by atoms with E-state index < -0.39 is 0 Å². The van der Waals surface area contributed by atoms with Crippen molar-refractivity contribution in [1.82, 2.24) is 10.2 Å². The van der Waals surface area contributed by atoms with E-state index in [4.69, 9.17) is 35.3 Å². The van der Waals surface area contributed by atoms with Crippen LogP contribution in [0.4, 0.5) is 5.82 Å². The molecule has 2 heterocycles. The number of ether oxygens (including phenoxy) is 5. The standard InChI is InChI=1S/C16H26ClN3O5/c17-15-1-2-16(19-18-15)20-3-5-21-7-9-23-11-13-25-14-12-24-10-8-22-6-4-20/h1-2H,3-14H2. The van der Waals surface area contributed by atoms with Crippen LogP contribution in [0.2, 0.25) is 5.15 Å². The van der Waals surface area contributed by atoms with Crippen LogP contribution in [0.5, 0.6) is 0 Å². The highest BCUT2D eigenvalue weighted by Gasteiger charge is 2.09. The fourth-order valence-corrected chi connectivity index (χ4v) is 2.25. The van der Waals surface area contributed by atoms with Crippen molar-refractivity contribution in [3.8, 4) is 0 Å². The van der Waals surface area contributed by atoms with Gasteiger partial charge in [0.25, 0.3) is 0 Å². The van der Waals surface area contributed by atoms with Gasteiger partial charge in [0.2, 0.25) is 0 Å². The first kappa shape index (κ1) is 20.3. The molecule has 1 aromatic rings. The van der Waals surface area contributed by atoms with Gasteiger partial charge in [-0.15, -0.1) is 10.2 Å². The Kier molecular flexibility index (Phi) is 10.7. The summed E-state index contributed by atoms with van der Waals surface area (Å²) < 4.78 is 27.5. The third kappa shape index (κ3) is 9.29. The van der Waals surface area contributed by atoms with Gasteiger partial charge in [0.05, 0.1) is 66.1 Å². The zero-order valence-corrected chi connectivity index (χ0v) is 15.2. The molecule has 1 aliphatic rings. The monoisotopic (exact) mass is 375 g/mol. The maximum Gasteiger partial charge on any atom is 0.151 e. The Morgan fingerprint density at radius 2 is 1.08 bits per heavy atom. The molecule has 25 heavy (non-hydrogen) atoms. The summed E-state index contributed by atoms with van der Waals surface area (Å²) in [7, 11) is 0. The van der Waals surface area contributed by atoms with Gasteiger partial charge in [-0.2, -0.15) is 0 Å². The molecule has 0 amide bonds. The average molecular weight is 376 g/mol. The van der Waals surface area contributed by atoms with Crippen molar-refractivity contribution >= 4 is 17.4 Å². The Morgan fingerprint density at radius 1 is 0.640 bits per heavy atom. The average Bonchev–Trinajstić information content (AvgIpc) is 2.62. The summed E-state index contributed by atoms with van der Waals surface area (Å²) in [5, 5.41) is 8.39. The van der Waals surface area contributed by atoms with E-state index >= 15 is 0 Å². The molecule has 1 fully saturated rings. The van der Waals surface area contributed by atoms with E-state index in [1.807, 2.05) is 6.07 Å². The van der Waals surface area contributed by atoms with Gasteiger partial charge in [-0.1, -0.05) is 11.6 Å². The number of anilines is 1. The summed E-state index contributed by atoms with van der Waals surface area (Å²) in [4.78, 5) is 2.06. The number of halogens is 1. The topological polar surface area (TPSA) is 75.2 Å². The van der Waals surface area contributed by atoms with Crippen LogP contribution >= 0.6 is 11.6 Å². The molecule has 0 N–H and O–H groups in total. The van der Waals surface area contributed by atoms with E-state index in [0.717, 1.165) is 5.82 Å². The lowest BCUT2D eigenvalue weighted by atomic mass is 10.4. The Morgan fingerprint density at radius 3 is 1.48 bits per heavy atom. The van der Waals surface area contributed by atoms with E-state index in [1.54, 1.807) is 6.07 Å². The van der Waals surface area contributed by atoms with Gasteiger partial charge in [-0.3, -0.25) is 0 Å². The minimum Gasteiger partial charge on any atom is -0.377 e. The molecule has 8 nitrogen and oxygen atoms in total. The fraction of sp³-hybridized carbons (Fsp3) is 0.750. The van der Waals surface area contributed by atoms with Crippen molar-refractivity contribution in [2.75, 3.05) is 84.1 Å². The summed E-state index contributed by atoms with van der Waals surface area (Å²) in [5.74, 6) is 0.746. The molecule has 142 valence electrons. The summed E-state index contributed by atoms with van der Waals surface area (Å²) in [6, 6.07) is 3.56. The molecule has 1 aliphatic heterocycles. The molecule has 0 aromatic carbocycles. The molecular weight excluding hydrogens is 350 g/mol. The Bertz CT molecular complexity index is 434. The second-order valence-corrected chi connectivity index (χ2v) is 5.65. The van der Waals surface area contributed by atoms with Gasteiger partial charge in [0.15, 0.2) is 11.0 Å². The van der Waals surface area contributed by atoms with Gasteiger partial charge >= 0.3 is 0 Å². The van der Waals surface area contributed by atoms with Crippen molar-refractivity contribution in [3.63, 3.8) is 0 Å². The number of aromatic nitrogens is 2. The number of hydrogen-bond acceptors (Lipinski definition) is 8. The van der Waals surface area contributed by atoms with Crippen LogP contribution in [0.1, 0.15) is 0 Å². The molecule has 9 heteroatoms. The molecule has 0 atom stereocenters. The molecule has 1 aromatic heterocycles. The van der Waals surface area contributed by atoms with Gasteiger partial charge in [-0.05, 0) is 12.1 Å². The predicted molar refractivity (Wildman–Crippen MR) is 93.4 cm³/mol. The molecule has 2 rings (SSSR count). The normalized spacial score (nSPS) is 20.6. The van der Waals surface area contributed by atoms with E-state index in [0.29, 0.717) is 84.3 Å². The van der Waals surface area contributed by atoms with Crippen LogP contribution in [-0.4, -0.2) is 89.4 Å². The molecule has 0 spiro atoms. The van der Waals surface area contributed by atoms with Crippen molar-refractivity contribution < 1.29 is 23.7 Å². The number of rotatable bonds is 1. The van der Waals surface area contributed by atoms with Gasteiger partial charge in [-0.25, -0.2) is 0 Å². The van der Waals surface area contributed by atoms with Crippen LogP contribution in [0, 0.1) is 0 Å². The Labute approximate surface area is 153 Å². The second kappa shape index (κ2) is 13.2. The van der Waals surface area contributed by atoms with E-state index in [2.05, 4.69) is 15.1 Å². The van der Waals surface area contributed by atoms with Crippen molar-refractivity contribution in [1.29, 1.82) is 0 Å². The minimum absolute atomic E-state index is 0.371. The highest BCUT2D eigenvalue weighted by Crippen LogP contribution is 2.11.